The molecular weight excluding hydrogens is 253 g/mol. The third-order valence-corrected chi connectivity index (χ3v) is 1.99. The Morgan fingerprint density at radius 3 is 2.61 bits per heavy atom. The van der Waals surface area contributed by atoms with Gasteiger partial charge < -0.3 is 10.1 Å². The predicted octanol–water partition coefficient (Wildman–Crippen LogP) is 2.26. The molecule has 0 atom stereocenters. The second-order valence-corrected chi connectivity index (χ2v) is 3.49. The van der Waals surface area contributed by atoms with Crippen LogP contribution in [0, 0.1) is 10.1 Å². The molecule has 0 bridgehead atoms. The van der Waals surface area contributed by atoms with Gasteiger partial charge in [0.15, 0.2) is 12.4 Å². The van der Waals surface area contributed by atoms with Crippen LogP contribution in [0.4, 0.5) is 18.9 Å². The Bertz CT molecular complexity index is 435. The largest absolute Gasteiger partial charge is 0.477 e. The number of ether oxygens (including phenoxy) is 1. The molecule has 0 amide bonds. The Balaban J connectivity index is 2.93. The lowest BCUT2D eigenvalue weighted by atomic mass is 10.2. The fourth-order valence-electron chi connectivity index (χ4n) is 1.30. The van der Waals surface area contributed by atoms with Crippen molar-refractivity contribution in [2.45, 2.75) is 12.7 Å². The molecule has 18 heavy (non-hydrogen) atoms. The standard InChI is InChI=1S/C10H11F3N2O3/c1-14-5-7-2-3-9(8(4-7)15(16)17)18-6-10(11,12)13/h2-4,14H,5-6H2,1H3. The Labute approximate surface area is 101 Å². The van der Waals surface area contributed by atoms with Crippen LogP contribution >= 0.6 is 0 Å². The third-order valence-electron chi connectivity index (χ3n) is 1.99. The first-order chi connectivity index (χ1) is 8.33. The number of hydrogen-bond donors (Lipinski definition) is 1. The molecule has 0 unspecified atom stereocenters. The molecule has 0 fully saturated rings. The lowest BCUT2D eigenvalue weighted by molar-refractivity contribution is -0.386. The van der Waals surface area contributed by atoms with Crippen LogP contribution in [-0.4, -0.2) is 24.8 Å². The van der Waals surface area contributed by atoms with Gasteiger partial charge in [0.1, 0.15) is 0 Å². The van der Waals surface area contributed by atoms with Crippen LogP contribution in [0.1, 0.15) is 5.56 Å². The van der Waals surface area contributed by atoms with Crippen molar-refractivity contribution >= 4 is 5.69 Å². The van der Waals surface area contributed by atoms with E-state index in [9.17, 15) is 23.3 Å². The number of alkyl halides is 3. The van der Waals surface area contributed by atoms with Gasteiger partial charge in [-0.1, -0.05) is 6.07 Å². The van der Waals surface area contributed by atoms with Gasteiger partial charge in [0.05, 0.1) is 4.92 Å². The molecule has 0 radical (unpaired) electrons. The fourth-order valence-corrected chi connectivity index (χ4v) is 1.30. The van der Waals surface area contributed by atoms with E-state index in [1.54, 1.807) is 7.05 Å². The molecule has 0 saturated carbocycles. The van der Waals surface area contributed by atoms with Crippen LogP contribution in [0.25, 0.3) is 0 Å². The summed E-state index contributed by atoms with van der Waals surface area (Å²) in [5.41, 5.74) is 0.107. The minimum Gasteiger partial charge on any atom is -0.477 e. The number of rotatable bonds is 5. The van der Waals surface area contributed by atoms with E-state index in [1.165, 1.54) is 12.1 Å². The highest BCUT2D eigenvalue weighted by Crippen LogP contribution is 2.29. The summed E-state index contributed by atoms with van der Waals surface area (Å²) in [6.07, 6.45) is -4.53. The summed E-state index contributed by atoms with van der Waals surface area (Å²) >= 11 is 0. The van der Waals surface area contributed by atoms with E-state index < -0.39 is 29.1 Å². The van der Waals surface area contributed by atoms with Crippen molar-refractivity contribution in [3.05, 3.63) is 33.9 Å². The summed E-state index contributed by atoms with van der Waals surface area (Å²) in [6, 6.07) is 3.81. The van der Waals surface area contributed by atoms with Crippen LogP contribution in [0.5, 0.6) is 5.75 Å². The molecular formula is C10H11F3N2O3. The van der Waals surface area contributed by atoms with Gasteiger partial charge in [-0.3, -0.25) is 10.1 Å². The van der Waals surface area contributed by atoms with E-state index in [0.29, 0.717) is 12.1 Å². The molecule has 1 rings (SSSR count). The molecule has 8 heteroatoms. The van der Waals surface area contributed by atoms with Crippen LogP contribution in [0.2, 0.25) is 0 Å². The van der Waals surface area contributed by atoms with E-state index in [-0.39, 0.29) is 0 Å². The molecule has 0 aliphatic carbocycles. The van der Waals surface area contributed by atoms with Gasteiger partial charge in [-0.05, 0) is 18.7 Å². The van der Waals surface area contributed by atoms with Gasteiger partial charge in [0.25, 0.3) is 0 Å². The van der Waals surface area contributed by atoms with Gasteiger partial charge >= 0.3 is 11.9 Å². The smallest absolute Gasteiger partial charge is 0.422 e. The number of hydrogen-bond acceptors (Lipinski definition) is 4. The summed E-state index contributed by atoms with van der Waals surface area (Å²) in [5, 5.41) is 13.5. The first-order valence-corrected chi connectivity index (χ1v) is 4.95. The Kier molecular flexibility index (Phi) is 4.49. The topological polar surface area (TPSA) is 64.4 Å². The van der Waals surface area contributed by atoms with E-state index in [1.807, 2.05) is 0 Å². The molecule has 0 saturated heterocycles. The van der Waals surface area contributed by atoms with E-state index in [0.717, 1.165) is 6.07 Å². The number of nitro benzene ring substituents is 1. The van der Waals surface area contributed by atoms with Gasteiger partial charge in [0, 0.05) is 12.6 Å². The second-order valence-electron chi connectivity index (χ2n) is 3.49. The molecule has 0 heterocycles. The van der Waals surface area contributed by atoms with Crippen molar-refractivity contribution in [1.29, 1.82) is 0 Å². The Morgan fingerprint density at radius 2 is 2.11 bits per heavy atom. The molecule has 0 aliphatic rings. The second kappa shape index (κ2) is 5.67. The van der Waals surface area contributed by atoms with Crippen molar-refractivity contribution in [2.24, 2.45) is 0 Å². The van der Waals surface area contributed by atoms with Crippen LogP contribution in [0.15, 0.2) is 18.2 Å². The molecule has 0 aromatic heterocycles. The fraction of sp³-hybridized carbons (Fsp3) is 0.400. The van der Waals surface area contributed by atoms with Crippen LogP contribution < -0.4 is 10.1 Å². The molecule has 1 aromatic carbocycles. The normalized spacial score (nSPS) is 11.3. The van der Waals surface area contributed by atoms with Gasteiger partial charge in [-0.15, -0.1) is 0 Å². The highest BCUT2D eigenvalue weighted by atomic mass is 19.4. The minimum atomic E-state index is -4.53. The number of nitrogens with one attached hydrogen (secondary N) is 1. The zero-order valence-corrected chi connectivity index (χ0v) is 9.45. The number of benzene rings is 1. The quantitative estimate of drug-likeness (QED) is 0.654. The molecule has 5 nitrogen and oxygen atoms in total. The average molecular weight is 264 g/mol. The maximum absolute atomic E-state index is 12.0. The lowest BCUT2D eigenvalue weighted by Gasteiger charge is -2.10. The monoisotopic (exact) mass is 264 g/mol. The van der Waals surface area contributed by atoms with Crippen LogP contribution in [-0.2, 0) is 6.54 Å². The number of nitro groups is 1. The Morgan fingerprint density at radius 1 is 1.44 bits per heavy atom. The summed E-state index contributed by atoms with van der Waals surface area (Å²) in [4.78, 5) is 9.95. The maximum atomic E-state index is 12.0. The number of nitrogens with zero attached hydrogens (tertiary/aromatic N) is 1. The van der Waals surface area contributed by atoms with Crippen molar-refractivity contribution in [3.63, 3.8) is 0 Å². The summed E-state index contributed by atoms with van der Waals surface area (Å²) < 4.78 is 40.3. The average Bonchev–Trinajstić information content (AvgIpc) is 2.26. The molecule has 1 N–H and O–H groups in total. The van der Waals surface area contributed by atoms with Crippen molar-refractivity contribution in [2.75, 3.05) is 13.7 Å². The van der Waals surface area contributed by atoms with Crippen molar-refractivity contribution < 1.29 is 22.8 Å². The van der Waals surface area contributed by atoms with Gasteiger partial charge in [-0.25, -0.2) is 0 Å². The molecule has 100 valence electrons. The number of halogens is 3. The first kappa shape index (κ1) is 14.2. The van der Waals surface area contributed by atoms with Crippen molar-refractivity contribution in [3.8, 4) is 5.75 Å². The predicted molar refractivity (Wildman–Crippen MR) is 57.4 cm³/mol. The zero-order valence-electron chi connectivity index (χ0n) is 9.45. The highest BCUT2D eigenvalue weighted by molar-refractivity contribution is 5.48. The molecule has 0 spiro atoms. The highest BCUT2D eigenvalue weighted by Gasteiger charge is 2.30. The Hall–Kier alpha value is -1.83. The van der Waals surface area contributed by atoms with Crippen molar-refractivity contribution in [1.82, 2.24) is 5.32 Å². The summed E-state index contributed by atoms with van der Waals surface area (Å²) in [7, 11) is 1.65. The summed E-state index contributed by atoms with van der Waals surface area (Å²) in [6.45, 7) is -1.18. The van der Waals surface area contributed by atoms with E-state index >= 15 is 0 Å². The third kappa shape index (κ3) is 4.21. The summed E-state index contributed by atoms with van der Waals surface area (Å²) in [5.74, 6) is -0.392. The first-order valence-electron chi connectivity index (χ1n) is 4.95. The zero-order chi connectivity index (χ0) is 13.8. The van der Waals surface area contributed by atoms with E-state index in [2.05, 4.69) is 10.1 Å². The SMILES string of the molecule is CNCc1ccc(OCC(F)(F)F)c([N+](=O)[O-])c1. The van der Waals surface area contributed by atoms with Gasteiger partial charge in [0.2, 0.25) is 0 Å². The molecule has 1 aromatic rings. The van der Waals surface area contributed by atoms with Crippen LogP contribution in [0.3, 0.4) is 0 Å². The van der Waals surface area contributed by atoms with Gasteiger partial charge in [-0.2, -0.15) is 13.2 Å². The molecule has 0 aliphatic heterocycles. The minimum absolute atomic E-state index is 0.375. The lowest BCUT2D eigenvalue weighted by Crippen LogP contribution is -2.19. The van der Waals surface area contributed by atoms with E-state index in [4.69, 9.17) is 0 Å². The maximum Gasteiger partial charge on any atom is 0.422 e.